The Morgan fingerprint density at radius 1 is 1.14 bits per heavy atom. The van der Waals surface area contributed by atoms with Crippen molar-refractivity contribution in [1.29, 1.82) is 0 Å². The van der Waals surface area contributed by atoms with Gasteiger partial charge < -0.3 is 15.4 Å². The van der Waals surface area contributed by atoms with E-state index < -0.39 is 0 Å². The van der Waals surface area contributed by atoms with Crippen LogP contribution in [0, 0.1) is 0 Å². The monoisotopic (exact) mass is 282 g/mol. The van der Waals surface area contributed by atoms with Crippen LogP contribution in [-0.2, 0) is 17.8 Å². The zero-order chi connectivity index (χ0) is 14.7. The van der Waals surface area contributed by atoms with E-state index in [9.17, 15) is 4.79 Å². The zero-order valence-electron chi connectivity index (χ0n) is 11.8. The van der Waals surface area contributed by atoms with Gasteiger partial charge in [-0.1, -0.05) is 36.4 Å². The van der Waals surface area contributed by atoms with Gasteiger partial charge in [-0.2, -0.15) is 0 Å². The molecule has 0 saturated carbocycles. The molecule has 0 aliphatic carbocycles. The fourth-order valence-corrected chi connectivity index (χ4v) is 2.51. The number of amides is 1. The van der Waals surface area contributed by atoms with Crippen molar-refractivity contribution in [2.24, 2.45) is 0 Å². The van der Waals surface area contributed by atoms with Gasteiger partial charge in [-0.15, -0.1) is 0 Å². The second kappa shape index (κ2) is 5.97. The molecule has 108 valence electrons. The largest absolute Gasteiger partial charge is 0.399 e. The number of ether oxygens (including phenoxy) is 1. The highest BCUT2D eigenvalue weighted by Gasteiger charge is 2.24. The van der Waals surface area contributed by atoms with E-state index in [0.29, 0.717) is 31.1 Å². The highest BCUT2D eigenvalue weighted by atomic mass is 16.5. The minimum atomic E-state index is -0.00314. The van der Waals surface area contributed by atoms with Crippen LogP contribution >= 0.6 is 0 Å². The lowest BCUT2D eigenvalue weighted by Gasteiger charge is -2.28. The lowest BCUT2D eigenvalue weighted by molar-refractivity contribution is 0.0158. The molecule has 0 fully saturated rings. The van der Waals surface area contributed by atoms with Crippen molar-refractivity contribution < 1.29 is 9.53 Å². The number of hydrogen-bond donors (Lipinski definition) is 1. The fraction of sp³-hybridized carbons (Fsp3) is 0.235. The molecule has 2 aromatic rings. The summed E-state index contributed by atoms with van der Waals surface area (Å²) in [6.07, 6.45) is 0.843. The number of nitrogens with zero attached hydrogens (tertiary/aromatic N) is 1. The molecule has 1 heterocycles. The minimum absolute atomic E-state index is 0.00314. The second-order valence-corrected chi connectivity index (χ2v) is 5.20. The standard InChI is InChI=1S/C17H18N2O2/c18-15-7-6-14-8-9-19(17(20)16(14)10-15)12-21-11-13-4-2-1-3-5-13/h1-7,10H,8-9,11-12,18H2. The van der Waals surface area contributed by atoms with E-state index in [2.05, 4.69) is 0 Å². The Bertz CT molecular complexity index is 640. The van der Waals surface area contributed by atoms with Crippen LogP contribution in [0.2, 0.25) is 0 Å². The number of rotatable bonds is 4. The molecular formula is C17H18N2O2. The molecule has 3 rings (SSSR count). The van der Waals surface area contributed by atoms with Crippen molar-refractivity contribution in [3.63, 3.8) is 0 Å². The topological polar surface area (TPSA) is 55.6 Å². The third kappa shape index (κ3) is 3.06. The van der Waals surface area contributed by atoms with Gasteiger partial charge in [0.15, 0.2) is 0 Å². The van der Waals surface area contributed by atoms with Crippen LogP contribution in [-0.4, -0.2) is 24.1 Å². The lowest BCUT2D eigenvalue weighted by Crippen LogP contribution is -2.39. The summed E-state index contributed by atoms with van der Waals surface area (Å²) in [4.78, 5) is 14.1. The van der Waals surface area contributed by atoms with Crippen molar-refractivity contribution in [3.05, 3.63) is 65.2 Å². The quantitative estimate of drug-likeness (QED) is 0.876. The van der Waals surface area contributed by atoms with Crippen LogP contribution in [0.4, 0.5) is 5.69 Å². The van der Waals surface area contributed by atoms with Gasteiger partial charge in [-0.05, 0) is 29.7 Å². The first kappa shape index (κ1) is 13.6. The number of hydrogen-bond acceptors (Lipinski definition) is 3. The van der Waals surface area contributed by atoms with Crippen LogP contribution in [0.3, 0.4) is 0 Å². The summed E-state index contributed by atoms with van der Waals surface area (Å²) in [5.41, 5.74) is 9.25. The number of nitrogens with two attached hydrogens (primary N) is 1. The molecule has 1 aliphatic heterocycles. The number of anilines is 1. The highest BCUT2D eigenvalue weighted by molar-refractivity contribution is 5.97. The van der Waals surface area contributed by atoms with Crippen LogP contribution in [0.5, 0.6) is 0 Å². The molecule has 0 spiro atoms. The van der Waals surface area contributed by atoms with Crippen molar-refractivity contribution in [2.45, 2.75) is 13.0 Å². The maximum absolute atomic E-state index is 12.4. The van der Waals surface area contributed by atoms with E-state index in [1.54, 1.807) is 11.0 Å². The molecule has 0 saturated heterocycles. The first-order valence-corrected chi connectivity index (χ1v) is 7.03. The molecule has 21 heavy (non-hydrogen) atoms. The van der Waals surface area contributed by atoms with E-state index in [1.165, 1.54) is 0 Å². The molecule has 0 aromatic heterocycles. The Hall–Kier alpha value is -2.33. The minimum Gasteiger partial charge on any atom is -0.399 e. The van der Waals surface area contributed by atoms with Gasteiger partial charge >= 0.3 is 0 Å². The van der Waals surface area contributed by atoms with Gasteiger partial charge in [-0.3, -0.25) is 4.79 Å². The number of carbonyl (C=O) groups excluding carboxylic acids is 1. The van der Waals surface area contributed by atoms with E-state index in [0.717, 1.165) is 17.5 Å². The molecule has 4 nitrogen and oxygen atoms in total. The predicted octanol–water partition coefficient (Wildman–Crippen LogP) is 2.44. The summed E-state index contributed by atoms with van der Waals surface area (Å²) in [5, 5.41) is 0. The first-order valence-electron chi connectivity index (χ1n) is 7.03. The third-order valence-electron chi connectivity index (χ3n) is 3.66. The molecule has 0 atom stereocenters. The second-order valence-electron chi connectivity index (χ2n) is 5.20. The Labute approximate surface area is 124 Å². The summed E-state index contributed by atoms with van der Waals surface area (Å²) in [6, 6.07) is 15.5. The predicted molar refractivity (Wildman–Crippen MR) is 81.7 cm³/mol. The number of carbonyl (C=O) groups is 1. The Balaban J connectivity index is 1.61. The molecule has 2 aromatic carbocycles. The maximum Gasteiger partial charge on any atom is 0.256 e. The summed E-state index contributed by atoms with van der Waals surface area (Å²) in [5.74, 6) is -0.00314. The number of benzene rings is 2. The third-order valence-corrected chi connectivity index (χ3v) is 3.66. The van der Waals surface area contributed by atoms with Gasteiger partial charge in [0.2, 0.25) is 0 Å². The van der Waals surface area contributed by atoms with E-state index in [-0.39, 0.29) is 5.91 Å². The van der Waals surface area contributed by atoms with Crippen LogP contribution in [0.25, 0.3) is 0 Å². The van der Waals surface area contributed by atoms with Crippen LogP contribution in [0.1, 0.15) is 21.5 Å². The smallest absolute Gasteiger partial charge is 0.256 e. The van der Waals surface area contributed by atoms with Crippen LogP contribution < -0.4 is 5.73 Å². The fourth-order valence-electron chi connectivity index (χ4n) is 2.51. The Kier molecular flexibility index (Phi) is 3.88. The first-order chi connectivity index (χ1) is 10.2. The zero-order valence-corrected chi connectivity index (χ0v) is 11.8. The van der Waals surface area contributed by atoms with Gasteiger partial charge in [0.25, 0.3) is 5.91 Å². The normalized spacial score (nSPS) is 14.1. The molecule has 4 heteroatoms. The van der Waals surface area contributed by atoms with E-state index in [4.69, 9.17) is 10.5 Å². The van der Waals surface area contributed by atoms with Crippen LogP contribution in [0.15, 0.2) is 48.5 Å². The molecule has 1 aliphatic rings. The average Bonchev–Trinajstić information content (AvgIpc) is 2.51. The number of nitrogen functional groups attached to an aromatic ring is 1. The van der Waals surface area contributed by atoms with Crippen molar-refractivity contribution >= 4 is 11.6 Å². The van der Waals surface area contributed by atoms with E-state index in [1.807, 2.05) is 42.5 Å². The van der Waals surface area contributed by atoms with Gasteiger partial charge in [-0.25, -0.2) is 0 Å². The van der Waals surface area contributed by atoms with Gasteiger partial charge in [0, 0.05) is 17.8 Å². The maximum atomic E-state index is 12.4. The lowest BCUT2D eigenvalue weighted by atomic mass is 9.99. The van der Waals surface area contributed by atoms with Gasteiger partial charge in [0.1, 0.15) is 6.73 Å². The highest BCUT2D eigenvalue weighted by Crippen LogP contribution is 2.21. The van der Waals surface area contributed by atoms with Gasteiger partial charge in [0.05, 0.1) is 6.61 Å². The summed E-state index contributed by atoms with van der Waals surface area (Å²) in [6.45, 7) is 1.50. The summed E-state index contributed by atoms with van der Waals surface area (Å²) < 4.78 is 5.65. The molecule has 1 amide bonds. The summed E-state index contributed by atoms with van der Waals surface area (Å²) in [7, 11) is 0. The molecule has 0 unspecified atom stereocenters. The Morgan fingerprint density at radius 2 is 1.95 bits per heavy atom. The molecule has 0 radical (unpaired) electrons. The van der Waals surface area contributed by atoms with Crippen molar-refractivity contribution in [1.82, 2.24) is 4.90 Å². The van der Waals surface area contributed by atoms with Crippen molar-refractivity contribution in [2.75, 3.05) is 19.0 Å². The Morgan fingerprint density at radius 3 is 2.76 bits per heavy atom. The molecule has 0 bridgehead atoms. The molecular weight excluding hydrogens is 264 g/mol. The number of fused-ring (bicyclic) bond motifs is 1. The van der Waals surface area contributed by atoms with Crippen molar-refractivity contribution in [3.8, 4) is 0 Å². The van der Waals surface area contributed by atoms with E-state index >= 15 is 0 Å². The molecule has 2 N–H and O–H groups in total. The average molecular weight is 282 g/mol. The SMILES string of the molecule is Nc1ccc2c(c1)C(=O)N(COCc1ccccc1)CC2. The summed E-state index contributed by atoms with van der Waals surface area (Å²) >= 11 is 0.